The van der Waals surface area contributed by atoms with Crippen molar-refractivity contribution >= 4 is 0 Å². The molecule has 0 spiro atoms. The Labute approximate surface area is 236 Å². The van der Waals surface area contributed by atoms with Crippen LogP contribution in [0.2, 0.25) is 0 Å². The Morgan fingerprint density at radius 2 is 0.615 bits per heavy atom. The maximum atomic E-state index is 9.63. The average molecular weight is 571 g/mol. The lowest BCUT2D eigenvalue weighted by Crippen LogP contribution is -2.30. The van der Waals surface area contributed by atoms with Gasteiger partial charge in [0.15, 0.2) is 0 Å². The van der Waals surface area contributed by atoms with Crippen LogP contribution in [-0.4, -0.2) is 138 Å². The lowest BCUT2D eigenvalue weighted by atomic mass is 10.3. The van der Waals surface area contributed by atoms with E-state index in [4.69, 9.17) is 47.7 Å². The quantitative estimate of drug-likeness (QED) is 0.151. The van der Waals surface area contributed by atoms with E-state index in [1.54, 1.807) is 0 Å². The Kier molecular flexibility index (Phi) is 23.9. The van der Waals surface area contributed by atoms with E-state index in [1.807, 2.05) is 55.4 Å². The summed E-state index contributed by atoms with van der Waals surface area (Å²) in [5.74, 6) is 0. The average Bonchev–Trinajstić information content (AvgIpc) is 2.91. The fraction of sp³-hybridized carbons (Fsp3) is 1.00. The topological polar surface area (TPSA) is 124 Å². The molecule has 9 atom stereocenters. The third-order valence-corrected chi connectivity index (χ3v) is 5.50. The van der Waals surface area contributed by atoms with E-state index in [0.717, 1.165) is 0 Å². The third-order valence-electron chi connectivity index (χ3n) is 5.50. The van der Waals surface area contributed by atoms with Crippen LogP contribution >= 0.6 is 0 Å². The van der Waals surface area contributed by atoms with E-state index in [2.05, 4.69) is 0 Å². The highest BCUT2D eigenvalue weighted by atomic mass is 16.6. The molecule has 0 saturated heterocycles. The molecule has 11 nitrogen and oxygen atoms in total. The lowest BCUT2D eigenvalue weighted by Gasteiger charge is -2.23. The summed E-state index contributed by atoms with van der Waals surface area (Å²) in [6.07, 6.45) is -1.46. The molecule has 0 saturated carbocycles. The number of rotatable bonds is 27. The van der Waals surface area contributed by atoms with Crippen molar-refractivity contribution in [2.75, 3.05) is 73.2 Å². The maximum absolute atomic E-state index is 9.63. The van der Waals surface area contributed by atoms with Crippen molar-refractivity contribution in [3.05, 3.63) is 0 Å². The highest BCUT2D eigenvalue weighted by molar-refractivity contribution is 4.60. The van der Waals surface area contributed by atoms with E-state index in [9.17, 15) is 5.11 Å². The molecule has 0 fully saturated rings. The van der Waals surface area contributed by atoms with Gasteiger partial charge < -0.3 is 52.8 Å². The van der Waals surface area contributed by atoms with Gasteiger partial charge in [-0.05, 0) is 55.4 Å². The fourth-order valence-electron chi connectivity index (χ4n) is 3.00. The van der Waals surface area contributed by atoms with Crippen molar-refractivity contribution in [3.8, 4) is 0 Å². The number of aliphatic hydroxyl groups excluding tert-OH is 2. The molecule has 2 N–H and O–H groups in total. The van der Waals surface area contributed by atoms with Crippen LogP contribution in [0.3, 0.4) is 0 Å². The highest BCUT2D eigenvalue weighted by Crippen LogP contribution is 2.05. The molecule has 0 aliphatic carbocycles. The summed E-state index contributed by atoms with van der Waals surface area (Å²) in [5.41, 5.74) is 0. The molecular formula is C28H58O11. The molecule has 0 aromatic heterocycles. The first-order valence-corrected chi connectivity index (χ1v) is 14.2. The summed E-state index contributed by atoms with van der Waals surface area (Å²) in [7, 11) is 1.54. The minimum absolute atomic E-state index is 0.00388. The predicted octanol–water partition coefficient (Wildman–Crippen LogP) is 2.23. The van der Waals surface area contributed by atoms with Crippen LogP contribution in [0.5, 0.6) is 0 Å². The van der Waals surface area contributed by atoms with Crippen LogP contribution in [0.4, 0.5) is 0 Å². The van der Waals surface area contributed by atoms with Gasteiger partial charge >= 0.3 is 0 Å². The molecule has 0 radical (unpaired) electrons. The molecule has 0 bridgehead atoms. The SMILES string of the molecule is COCC(O)COC(C)COC(C)COC(C)COC(C)COC(C)COC(C)COC(C)COC(C)CO. The molecule has 0 rings (SSSR count). The summed E-state index contributed by atoms with van der Waals surface area (Å²) in [4.78, 5) is 0. The van der Waals surface area contributed by atoms with Crippen LogP contribution in [-0.2, 0) is 42.6 Å². The van der Waals surface area contributed by atoms with Crippen molar-refractivity contribution in [2.45, 2.75) is 110 Å². The molecule has 0 aromatic carbocycles. The molecule has 11 heteroatoms. The molecule has 236 valence electrons. The van der Waals surface area contributed by atoms with Crippen molar-refractivity contribution in [3.63, 3.8) is 0 Å². The van der Waals surface area contributed by atoms with Crippen LogP contribution in [0, 0.1) is 0 Å². The van der Waals surface area contributed by atoms with E-state index in [1.165, 1.54) is 7.11 Å². The zero-order valence-corrected chi connectivity index (χ0v) is 25.8. The standard InChI is InChI=1S/C28H58O11/c1-20(10-29)32-11-21(2)33-12-22(3)34-13-23(4)35-14-24(5)36-15-25(6)37-16-26(7)38-17-27(8)39-19-28(30)18-31-9/h20-30H,10-19H2,1-9H3. The van der Waals surface area contributed by atoms with Gasteiger partial charge in [-0.1, -0.05) is 0 Å². The fourth-order valence-corrected chi connectivity index (χ4v) is 3.00. The van der Waals surface area contributed by atoms with Gasteiger partial charge in [-0.15, -0.1) is 0 Å². The highest BCUT2D eigenvalue weighted by Gasteiger charge is 2.15. The predicted molar refractivity (Wildman–Crippen MR) is 148 cm³/mol. The van der Waals surface area contributed by atoms with Crippen molar-refractivity contribution in [1.29, 1.82) is 0 Å². The van der Waals surface area contributed by atoms with Gasteiger partial charge in [0.1, 0.15) is 6.10 Å². The van der Waals surface area contributed by atoms with Crippen LogP contribution in [0.1, 0.15) is 55.4 Å². The Morgan fingerprint density at radius 3 is 0.846 bits per heavy atom. The van der Waals surface area contributed by atoms with Gasteiger partial charge in [0.25, 0.3) is 0 Å². The maximum Gasteiger partial charge on any atom is 0.101 e. The van der Waals surface area contributed by atoms with Crippen LogP contribution < -0.4 is 0 Å². The second-order valence-electron chi connectivity index (χ2n) is 10.4. The third kappa shape index (κ3) is 23.9. The first-order valence-electron chi connectivity index (χ1n) is 14.2. The van der Waals surface area contributed by atoms with Crippen molar-refractivity contribution < 1.29 is 52.8 Å². The minimum atomic E-state index is -0.638. The first kappa shape index (κ1) is 38.6. The molecule has 0 aliphatic rings. The zero-order valence-electron chi connectivity index (χ0n) is 25.8. The Hall–Kier alpha value is -0.440. The van der Waals surface area contributed by atoms with Crippen molar-refractivity contribution in [1.82, 2.24) is 0 Å². The first-order chi connectivity index (χ1) is 18.5. The Morgan fingerprint density at radius 1 is 0.385 bits per heavy atom. The van der Waals surface area contributed by atoms with Gasteiger partial charge in [-0.3, -0.25) is 0 Å². The van der Waals surface area contributed by atoms with E-state index in [-0.39, 0.29) is 68.7 Å². The van der Waals surface area contributed by atoms with E-state index in [0.29, 0.717) is 46.2 Å². The van der Waals surface area contributed by atoms with Gasteiger partial charge in [0, 0.05) is 7.11 Å². The number of aliphatic hydroxyl groups is 2. The largest absolute Gasteiger partial charge is 0.394 e. The number of hydrogen-bond acceptors (Lipinski definition) is 11. The van der Waals surface area contributed by atoms with Crippen LogP contribution in [0.25, 0.3) is 0 Å². The molecule has 9 unspecified atom stereocenters. The Balaban J connectivity index is 3.86. The molecule has 0 aliphatic heterocycles. The second-order valence-corrected chi connectivity index (χ2v) is 10.4. The summed E-state index contributed by atoms with van der Waals surface area (Å²) >= 11 is 0. The normalized spacial score (nSPS) is 19.2. The van der Waals surface area contributed by atoms with Crippen LogP contribution in [0.15, 0.2) is 0 Å². The van der Waals surface area contributed by atoms with E-state index >= 15 is 0 Å². The monoisotopic (exact) mass is 570 g/mol. The number of methoxy groups -OCH3 is 1. The summed E-state index contributed by atoms with van der Waals surface area (Å²) in [6.45, 7) is 19.0. The molecule has 39 heavy (non-hydrogen) atoms. The molecular weight excluding hydrogens is 512 g/mol. The van der Waals surface area contributed by atoms with Gasteiger partial charge in [0.05, 0.1) is 115 Å². The van der Waals surface area contributed by atoms with Gasteiger partial charge in [-0.25, -0.2) is 0 Å². The summed E-state index contributed by atoms with van der Waals surface area (Å²) < 4.78 is 50.8. The smallest absolute Gasteiger partial charge is 0.101 e. The minimum Gasteiger partial charge on any atom is -0.394 e. The summed E-state index contributed by atoms with van der Waals surface area (Å²) in [6, 6.07) is 0. The van der Waals surface area contributed by atoms with Gasteiger partial charge in [0.2, 0.25) is 0 Å². The lowest BCUT2D eigenvalue weighted by molar-refractivity contribution is -0.111. The van der Waals surface area contributed by atoms with Gasteiger partial charge in [-0.2, -0.15) is 0 Å². The molecule has 0 heterocycles. The second kappa shape index (κ2) is 24.2. The van der Waals surface area contributed by atoms with Crippen molar-refractivity contribution in [2.24, 2.45) is 0 Å². The zero-order chi connectivity index (χ0) is 29.6. The molecule has 0 amide bonds. The Bertz CT molecular complexity index is 542. The number of ether oxygens (including phenoxy) is 9. The summed E-state index contributed by atoms with van der Waals surface area (Å²) in [5, 5.41) is 18.6. The molecule has 0 aromatic rings. The van der Waals surface area contributed by atoms with E-state index < -0.39 is 6.10 Å². The number of hydrogen-bond donors (Lipinski definition) is 2.